The molecule has 3 heterocycles. The fourth-order valence-electron chi connectivity index (χ4n) is 7.60. The lowest BCUT2D eigenvalue weighted by Gasteiger charge is -2.16. The van der Waals surface area contributed by atoms with Crippen molar-refractivity contribution in [3.8, 4) is 62.1 Å². The summed E-state index contributed by atoms with van der Waals surface area (Å²) in [5.74, 6) is 1.04. The maximum absolute atomic E-state index is 9.30. The monoisotopic (exact) mass is 740 g/mol. The van der Waals surface area contributed by atoms with E-state index in [1.54, 1.807) is 11.3 Å². The second-order valence-electron chi connectivity index (χ2n) is 13.4. The van der Waals surface area contributed by atoms with Crippen LogP contribution in [0.5, 0.6) is 0 Å². The van der Waals surface area contributed by atoms with Crippen LogP contribution in [-0.2, 0) is 0 Å². The van der Waals surface area contributed by atoms with Gasteiger partial charge in [0.2, 0.25) is 0 Å². The predicted molar refractivity (Wildman–Crippen MR) is 234 cm³/mol. The van der Waals surface area contributed by atoms with Gasteiger partial charge in [-0.2, -0.15) is 0 Å². The van der Waals surface area contributed by atoms with Crippen molar-refractivity contribution in [2.75, 3.05) is 0 Å². The first-order valence-corrected chi connectivity index (χ1v) is 18.9. The zero-order valence-corrected chi connectivity index (χ0v) is 30.4. The van der Waals surface area contributed by atoms with Gasteiger partial charge in [-0.15, -0.1) is 11.3 Å². The maximum Gasteiger partial charge on any atom is 0.166 e. The molecule has 3 aromatic heterocycles. The average Bonchev–Trinajstić information content (AvgIpc) is 3.92. The van der Waals surface area contributed by atoms with Crippen molar-refractivity contribution in [3.63, 3.8) is 0 Å². The van der Waals surface area contributed by atoms with E-state index in [1.807, 2.05) is 103 Å². The van der Waals surface area contributed by atoms with Crippen LogP contribution in [0.2, 0.25) is 0 Å². The first-order valence-electron chi connectivity index (χ1n) is 22.1. The fraction of sp³-hybridized carbons (Fsp3) is 0. The number of hydrogen-bond acceptors (Lipinski definition) is 4. The number of benzene rings is 8. The highest BCUT2D eigenvalue weighted by atomic mass is 32.1. The molecule has 0 saturated heterocycles. The highest BCUT2D eigenvalue weighted by molar-refractivity contribution is 7.26. The fourth-order valence-corrected chi connectivity index (χ4v) is 8.87. The van der Waals surface area contributed by atoms with Gasteiger partial charge in [0.15, 0.2) is 17.5 Å². The Morgan fingerprint density at radius 3 is 1.62 bits per heavy atom. The van der Waals surface area contributed by atoms with Crippen molar-refractivity contribution in [2.24, 2.45) is 0 Å². The van der Waals surface area contributed by atoms with Crippen molar-refractivity contribution >= 4 is 53.3 Å². The Balaban J connectivity index is 1.27. The predicted octanol–water partition coefficient (Wildman–Crippen LogP) is 13.7. The van der Waals surface area contributed by atoms with E-state index in [9.17, 15) is 2.74 Å². The maximum atomic E-state index is 9.30. The lowest BCUT2D eigenvalue weighted by atomic mass is 9.96. The highest BCUT2D eigenvalue weighted by Crippen LogP contribution is 2.45. The number of nitrogens with zero attached hydrogens (tertiary/aromatic N) is 4. The third-order valence-electron chi connectivity index (χ3n) is 10.1. The Bertz CT molecular complexity index is 3570. The van der Waals surface area contributed by atoms with Crippen LogP contribution >= 0.6 is 11.3 Å². The topological polar surface area (TPSA) is 43.6 Å². The molecule has 56 heavy (non-hydrogen) atoms. The molecule has 11 aromatic rings. The molecule has 0 atom stereocenters. The van der Waals surface area contributed by atoms with E-state index in [0.29, 0.717) is 22.9 Å². The molecule has 8 aromatic carbocycles. The van der Waals surface area contributed by atoms with E-state index in [2.05, 4.69) is 42.5 Å². The number of para-hydroxylation sites is 2. The molecule has 0 amide bonds. The zero-order chi connectivity index (χ0) is 44.0. The summed E-state index contributed by atoms with van der Waals surface area (Å²) in [6, 6.07) is 44.1. The Morgan fingerprint density at radius 2 is 0.982 bits per heavy atom. The van der Waals surface area contributed by atoms with Crippen molar-refractivity contribution in [2.45, 2.75) is 0 Å². The lowest BCUT2D eigenvalue weighted by molar-refractivity contribution is 1.06. The summed E-state index contributed by atoms with van der Waals surface area (Å²) in [5, 5.41) is 2.21. The zero-order valence-electron chi connectivity index (χ0n) is 37.6. The number of thiophene rings is 1. The van der Waals surface area contributed by atoms with Gasteiger partial charge in [0.05, 0.1) is 27.7 Å². The van der Waals surface area contributed by atoms with Gasteiger partial charge in [-0.3, -0.25) is 0 Å². The van der Waals surface area contributed by atoms with E-state index < -0.39 is 48.3 Å². The van der Waals surface area contributed by atoms with E-state index >= 15 is 0 Å². The van der Waals surface area contributed by atoms with E-state index in [0.717, 1.165) is 53.6 Å². The number of fused-ring (bicyclic) bond motifs is 6. The van der Waals surface area contributed by atoms with Crippen molar-refractivity contribution in [3.05, 3.63) is 194 Å². The summed E-state index contributed by atoms with van der Waals surface area (Å²) in [4.78, 5) is 15.2. The van der Waals surface area contributed by atoms with Gasteiger partial charge in [0.1, 0.15) is 0 Å². The van der Waals surface area contributed by atoms with E-state index in [-0.39, 0.29) is 27.6 Å². The van der Waals surface area contributed by atoms with Gasteiger partial charge in [0, 0.05) is 47.6 Å². The summed E-state index contributed by atoms with van der Waals surface area (Å²) in [7, 11) is 0. The largest absolute Gasteiger partial charge is 0.309 e. The summed E-state index contributed by atoms with van der Waals surface area (Å²) >= 11 is 1.70. The Labute approximate surface area is 338 Å². The van der Waals surface area contributed by atoms with Crippen LogP contribution in [0.25, 0.3) is 104 Å². The lowest BCUT2D eigenvalue weighted by Crippen LogP contribution is -2.04. The molecule has 11 rings (SSSR count). The molecule has 0 aliphatic rings. The van der Waals surface area contributed by atoms with E-state index in [1.165, 1.54) is 4.57 Å². The summed E-state index contributed by atoms with van der Waals surface area (Å²) in [6.45, 7) is 0. The second kappa shape index (κ2) is 13.3. The van der Waals surface area contributed by atoms with Crippen molar-refractivity contribution in [1.29, 1.82) is 0 Å². The van der Waals surface area contributed by atoms with Gasteiger partial charge in [-0.1, -0.05) is 164 Å². The van der Waals surface area contributed by atoms with Crippen molar-refractivity contribution < 1.29 is 11.0 Å². The molecule has 0 bridgehead atoms. The molecule has 0 unspecified atom stereocenters. The molecular weight excluding hydrogens is 701 g/mol. The smallest absolute Gasteiger partial charge is 0.166 e. The highest BCUT2D eigenvalue weighted by Gasteiger charge is 2.21. The molecule has 0 aliphatic carbocycles. The van der Waals surface area contributed by atoms with Crippen molar-refractivity contribution in [1.82, 2.24) is 19.5 Å². The minimum absolute atomic E-state index is 0.00247. The first-order chi connectivity index (χ1) is 31.1. The molecule has 0 N–H and O–H groups in total. The summed E-state index contributed by atoms with van der Waals surface area (Å²) in [5.41, 5.74) is 6.27. The molecule has 262 valence electrons. The Morgan fingerprint density at radius 1 is 0.429 bits per heavy atom. The van der Waals surface area contributed by atoms with Gasteiger partial charge >= 0.3 is 0 Å². The van der Waals surface area contributed by atoms with Crippen LogP contribution in [-0.4, -0.2) is 19.5 Å². The average molecular weight is 741 g/mol. The first kappa shape index (κ1) is 25.0. The normalized spacial score (nSPS) is 13.6. The third-order valence-corrected chi connectivity index (χ3v) is 11.3. The molecule has 0 fully saturated rings. The van der Waals surface area contributed by atoms with Crippen LogP contribution in [0, 0.1) is 0 Å². The van der Waals surface area contributed by atoms with Crippen LogP contribution in [0.3, 0.4) is 0 Å². The van der Waals surface area contributed by atoms with Crippen LogP contribution in [0.4, 0.5) is 0 Å². The molecule has 0 saturated carbocycles. The quantitative estimate of drug-likeness (QED) is 0.170. The molecular formula is C51H32N4S. The SMILES string of the molecule is [2H]c1c([2H])c([2H])c2c(c1[2H])c1c([2H])c([2H])c([2H])c([2H])c1n2-c1ccc(-c2cccc3c2sc2cccc(-c4ccccc4)c23)cc1-c1nc(-c2ccccc2)nc(-c2ccccc2)n1. The second-order valence-corrected chi connectivity index (χ2v) is 14.4. The molecule has 0 aliphatic heterocycles. The number of rotatable bonds is 6. The number of aromatic nitrogens is 4. The summed E-state index contributed by atoms with van der Waals surface area (Å²) < 4.78 is 75.3. The van der Waals surface area contributed by atoms with Gasteiger partial charge in [-0.05, 0) is 52.5 Å². The van der Waals surface area contributed by atoms with Crippen LogP contribution < -0.4 is 0 Å². The van der Waals surface area contributed by atoms with Gasteiger partial charge in [-0.25, -0.2) is 15.0 Å². The Hall–Kier alpha value is -7.21. The minimum atomic E-state index is -0.510. The third kappa shape index (κ3) is 5.32. The van der Waals surface area contributed by atoms with Crippen LogP contribution in [0.1, 0.15) is 11.0 Å². The molecule has 0 radical (unpaired) electrons. The minimum Gasteiger partial charge on any atom is -0.309 e. The standard InChI is InChI=1S/C51H32N4S/c1-4-16-33(17-5-1)37-24-15-29-46-47(37)41-26-14-25-38(48(41)56-46)36-30-31-45(55-43-27-12-10-22-39(43)40-23-11-13-28-44(40)55)42(32-36)51-53-49(34-18-6-2-7-19-34)52-50(54-51)35-20-8-3-9-21-35/h1-32H/i10D,11D,12D,13D,22D,23D,27D,28D. The van der Waals surface area contributed by atoms with Crippen LogP contribution in [0.15, 0.2) is 194 Å². The molecule has 0 spiro atoms. The van der Waals surface area contributed by atoms with Gasteiger partial charge < -0.3 is 4.57 Å². The van der Waals surface area contributed by atoms with E-state index in [4.69, 9.17) is 23.2 Å². The number of hydrogen-bond donors (Lipinski definition) is 0. The molecule has 5 heteroatoms. The molecule has 4 nitrogen and oxygen atoms in total. The summed E-state index contributed by atoms with van der Waals surface area (Å²) in [6.07, 6.45) is 0. The Kier molecular flexibility index (Phi) is 5.92. The van der Waals surface area contributed by atoms with Gasteiger partial charge in [0.25, 0.3) is 0 Å².